The number of rotatable bonds is 2. The van der Waals surface area contributed by atoms with Crippen molar-refractivity contribution in [3.05, 3.63) is 35.9 Å². The van der Waals surface area contributed by atoms with E-state index in [1.165, 1.54) is 5.56 Å². The van der Waals surface area contributed by atoms with Crippen molar-refractivity contribution in [2.45, 2.75) is 5.92 Å². The van der Waals surface area contributed by atoms with E-state index in [1.54, 1.807) is 0 Å². The van der Waals surface area contributed by atoms with Crippen LogP contribution in [0.1, 0.15) is 11.5 Å². The quantitative estimate of drug-likeness (QED) is 0.503. The maximum absolute atomic E-state index is 9.36. The van der Waals surface area contributed by atoms with Gasteiger partial charge in [0.05, 0.1) is 0 Å². The summed E-state index contributed by atoms with van der Waals surface area (Å²) in [5.41, 5.74) is 6.70. The van der Waals surface area contributed by atoms with Gasteiger partial charge in [-0.15, -0.1) is 0 Å². The first-order valence-corrected chi connectivity index (χ1v) is 5.47. The number of likely N-dealkylation sites (tertiary alicyclic amines) is 1. The second-order valence-electron chi connectivity index (χ2n) is 4.25. The molecule has 86 valence electrons. The predicted molar refractivity (Wildman–Crippen MR) is 63.2 cm³/mol. The van der Waals surface area contributed by atoms with E-state index < -0.39 is 0 Å². The minimum absolute atomic E-state index is 0.0943. The van der Waals surface area contributed by atoms with Crippen molar-refractivity contribution in [2.24, 2.45) is 11.7 Å². The van der Waals surface area contributed by atoms with Crippen LogP contribution in [0.5, 0.6) is 0 Å². The molecule has 0 amide bonds. The average molecular weight is 219 g/mol. The highest BCUT2D eigenvalue weighted by Crippen LogP contribution is 2.31. The van der Waals surface area contributed by atoms with Crippen molar-refractivity contribution < 1.29 is 5.11 Å². The summed E-state index contributed by atoms with van der Waals surface area (Å²) in [5.74, 6) is 0.540. The summed E-state index contributed by atoms with van der Waals surface area (Å²) in [4.78, 5) is 1.82. The molecular weight excluding hydrogens is 202 g/mol. The van der Waals surface area contributed by atoms with Crippen LogP contribution in [0.2, 0.25) is 0 Å². The lowest BCUT2D eigenvalue weighted by atomic mass is 9.90. The number of nitrogens with one attached hydrogen (secondary N) is 1. The fourth-order valence-corrected chi connectivity index (χ4v) is 2.33. The first-order valence-electron chi connectivity index (χ1n) is 5.47. The van der Waals surface area contributed by atoms with E-state index in [0.29, 0.717) is 6.54 Å². The number of hydrogen-bond donors (Lipinski definition) is 3. The Morgan fingerprint density at radius 3 is 2.62 bits per heavy atom. The van der Waals surface area contributed by atoms with Crippen LogP contribution in [0.3, 0.4) is 0 Å². The molecule has 1 saturated heterocycles. The van der Waals surface area contributed by atoms with Gasteiger partial charge in [0.25, 0.3) is 0 Å². The minimum Gasteiger partial charge on any atom is -0.396 e. The molecule has 0 bridgehead atoms. The summed E-state index contributed by atoms with van der Waals surface area (Å²) in [6.45, 7) is 1.54. The minimum atomic E-state index is 0.0943. The van der Waals surface area contributed by atoms with Crippen LogP contribution in [-0.2, 0) is 0 Å². The largest absolute Gasteiger partial charge is 0.396 e. The van der Waals surface area contributed by atoms with E-state index in [0.717, 1.165) is 6.54 Å². The van der Waals surface area contributed by atoms with Crippen LogP contribution in [0.15, 0.2) is 30.3 Å². The molecule has 1 heterocycles. The van der Waals surface area contributed by atoms with Gasteiger partial charge in [-0.2, -0.15) is 0 Å². The number of benzene rings is 1. The highest BCUT2D eigenvalue weighted by atomic mass is 16.3. The third-order valence-corrected chi connectivity index (χ3v) is 3.24. The number of hydrogen-bond acceptors (Lipinski definition) is 2. The first-order chi connectivity index (χ1) is 7.72. The Hall–Kier alpha value is -1.55. The average Bonchev–Trinajstić information content (AvgIpc) is 2.74. The van der Waals surface area contributed by atoms with Gasteiger partial charge in [-0.1, -0.05) is 30.3 Å². The normalized spacial score (nSPS) is 24.7. The zero-order valence-corrected chi connectivity index (χ0v) is 9.13. The number of guanidine groups is 1. The van der Waals surface area contributed by atoms with Crippen LogP contribution in [0.25, 0.3) is 0 Å². The third kappa shape index (κ3) is 2.02. The smallest absolute Gasteiger partial charge is 0.188 e. The molecule has 1 aliphatic rings. The summed E-state index contributed by atoms with van der Waals surface area (Å²) in [6, 6.07) is 10.1. The number of aliphatic hydroxyl groups is 1. The Morgan fingerprint density at radius 1 is 1.38 bits per heavy atom. The number of nitrogens with zero attached hydrogens (tertiary/aromatic N) is 1. The molecule has 1 aromatic rings. The van der Waals surface area contributed by atoms with Gasteiger partial charge in [0, 0.05) is 31.5 Å². The van der Waals surface area contributed by atoms with Crippen LogP contribution in [0, 0.1) is 11.3 Å². The Balaban J connectivity index is 2.18. The van der Waals surface area contributed by atoms with Crippen LogP contribution >= 0.6 is 0 Å². The van der Waals surface area contributed by atoms with Crippen LogP contribution < -0.4 is 5.73 Å². The fourth-order valence-electron chi connectivity index (χ4n) is 2.33. The fraction of sp³-hybridized carbons (Fsp3) is 0.417. The number of nitrogens with two attached hydrogens (primary N) is 1. The molecule has 4 N–H and O–H groups in total. The van der Waals surface area contributed by atoms with Crippen LogP contribution in [0.4, 0.5) is 0 Å². The molecule has 1 aliphatic heterocycles. The Labute approximate surface area is 95.2 Å². The molecule has 0 aromatic heterocycles. The highest BCUT2D eigenvalue weighted by molar-refractivity contribution is 5.75. The van der Waals surface area contributed by atoms with Gasteiger partial charge >= 0.3 is 0 Å². The summed E-state index contributed by atoms with van der Waals surface area (Å²) in [5, 5.41) is 16.8. The second kappa shape index (κ2) is 4.53. The molecule has 1 aromatic carbocycles. The molecule has 4 nitrogen and oxygen atoms in total. The monoisotopic (exact) mass is 219 g/mol. The standard InChI is InChI=1S/C12H17N3O/c13-12(14)15-6-10(8-16)11(7-15)9-4-2-1-3-5-9/h1-5,10-11,16H,6-8H2,(H3,13,14)/t10-,11-/m0/s1. The van der Waals surface area contributed by atoms with Crippen molar-refractivity contribution in [1.29, 1.82) is 5.41 Å². The van der Waals surface area contributed by atoms with Crippen molar-refractivity contribution in [2.75, 3.05) is 19.7 Å². The van der Waals surface area contributed by atoms with Crippen molar-refractivity contribution in [1.82, 2.24) is 4.90 Å². The summed E-state index contributed by atoms with van der Waals surface area (Å²) >= 11 is 0. The summed E-state index contributed by atoms with van der Waals surface area (Å²) in [6.07, 6.45) is 0. The molecule has 0 spiro atoms. The lowest BCUT2D eigenvalue weighted by molar-refractivity contribution is 0.222. The van der Waals surface area contributed by atoms with Crippen molar-refractivity contribution in [3.8, 4) is 0 Å². The molecule has 0 radical (unpaired) electrons. The Bertz CT molecular complexity index is 366. The second-order valence-corrected chi connectivity index (χ2v) is 4.25. The first kappa shape index (κ1) is 11.0. The lowest BCUT2D eigenvalue weighted by Gasteiger charge is -2.16. The van der Waals surface area contributed by atoms with Gasteiger partial charge in [0.15, 0.2) is 5.96 Å². The van der Waals surface area contributed by atoms with Crippen LogP contribution in [-0.4, -0.2) is 35.7 Å². The molecule has 2 atom stereocenters. The van der Waals surface area contributed by atoms with Gasteiger partial charge in [-0.25, -0.2) is 0 Å². The topological polar surface area (TPSA) is 73.3 Å². The molecule has 0 unspecified atom stereocenters. The maximum atomic E-state index is 9.36. The van der Waals surface area contributed by atoms with E-state index in [9.17, 15) is 5.11 Å². The van der Waals surface area contributed by atoms with E-state index in [2.05, 4.69) is 12.1 Å². The van der Waals surface area contributed by atoms with E-state index in [-0.39, 0.29) is 24.4 Å². The molecule has 2 rings (SSSR count). The molecule has 0 aliphatic carbocycles. The van der Waals surface area contributed by atoms with Gasteiger partial charge in [0.2, 0.25) is 0 Å². The molecule has 0 saturated carbocycles. The van der Waals surface area contributed by atoms with E-state index >= 15 is 0 Å². The zero-order valence-electron chi connectivity index (χ0n) is 9.13. The lowest BCUT2D eigenvalue weighted by Crippen LogP contribution is -2.34. The highest BCUT2D eigenvalue weighted by Gasteiger charge is 2.33. The van der Waals surface area contributed by atoms with Gasteiger partial charge in [0.1, 0.15) is 0 Å². The SMILES string of the molecule is N=C(N)N1C[C@@H](CO)[C@H](c2ccccc2)C1. The molecule has 1 fully saturated rings. The zero-order chi connectivity index (χ0) is 11.5. The van der Waals surface area contributed by atoms with E-state index in [4.69, 9.17) is 11.1 Å². The molecule has 4 heteroatoms. The van der Waals surface area contributed by atoms with Crippen molar-refractivity contribution >= 4 is 5.96 Å². The number of aliphatic hydroxyl groups excluding tert-OH is 1. The molecular formula is C12H17N3O. The van der Waals surface area contributed by atoms with Gasteiger partial charge in [-0.05, 0) is 5.56 Å². The molecule has 16 heavy (non-hydrogen) atoms. The van der Waals surface area contributed by atoms with Crippen molar-refractivity contribution in [3.63, 3.8) is 0 Å². The predicted octanol–water partition coefficient (Wildman–Crippen LogP) is 0.588. The Kier molecular flexibility index (Phi) is 3.10. The summed E-state index contributed by atoms with van der Waals surface area (Å²) in [7, 11) is 0. The third-order valence-electron chi connectivity index (χ3n) is 3.24. The van der Waals surface area contributed by atoms with Gasteiger partial charge in [-0.3, -0.25) is 5.41 Å². The van der Waals surface area contributed by atoms with Gasteiger partial charge < -0.3 is 15.7 Å². The Morgan fingerprint density at radius 2 is 2.06 bits per heavy atom. The summed E-state index contributed by atoms with van der Waals surface area (Å²) < 4.78 is 0. The maximum Gasteiger partial charge on any atom is 0.188 e. The van der Waals surface area contributed by atoms with E-state index in [1.807, 2.05) is 23.1 Å².